The highest BCUT2D eigenvalue weighted by molar-refractivity contribution is 6.66. The zero-order chi connectivity index (χ0) is 27.4. The number of benzene rings is 1. The molecular formula is C28H34BF3N5O2. The van der Waals surface area contributed by atoms with Crippen LogP contribution in [0.2, 0.25) is 6.32 Å². The van der Waals surface area contributed by atoms with Gasteiger partial charge >= 0.3 is 6.18 Å². The molecule has 0 N–H and O–H groups in total. The third-order valence-corrected chi connectivity index (χ3v) is 8.47. The van der Waals surface area contributed by atoms with Crippen LogP contribution in [0.1, 0.15) is 92.0 Å². The minimum absolute atomic E-state index is 0.0491. The average molecular weight is 540 g/mol. The number of hydrogen-bond donors (Lipinski definition) is 0. The van der Waals surface area contributed by atoms with Crippen LogP contribution < -0.4 is 4.74 Å². The van der Waals surface area contributed by atoms with Crippen molar-refractivity contribution in [1.82, 2.24) is 24.5 Å². The standard InChI is InChI=1S/C28H34BF3N5O2/c1-36-26(17-39-25-4-2-3-23(13-25)28(30,31)32)34-35-27(36)21-9-11-24(12-10-21)37-16-22(15-33-37)20-7-5-19(6-8-20)14-29-18-38/h2-4,13,15-16,18-21,24H,5-12,14,17H2,1H3. The van der Waals surface area contributed by atoms with Gasteiger partial charge in [-0.1, -0.05) is 25.2 Å². The van der Waals surface area contributed by atoms with Crippen LogP contribution in [-0.4, -0.2) is 38.0 Å². The van der Waals surface area contributed by atoms with E-state index < -0.39 is 11.7 Å². The summed E-state index contributed by atoms with van der Waals surface area (Å²) in [6.45, 7) is 0.0491. The Labute approximate surface area is 227 Å². The second-order valence-electron chi connectivity index (χ2n) is 10.9. The van der Waals surface area contributed by atoms with Gasteiger partial charge in [0.2, 0.25) is 0 Å². The van der Waals surface area contributed by atoms with Crippen LogP contribution in [0, 0.1) is 5.92 Å². The molecule has 0 atom stereocenters. The van der Waals surface area contributed by atoms with Crippen LogP contribution in [0.25, 0.3) is 0 Å². The minimum atomic E-state index is -4.41. The highest BCUT2D eigenvalue weighted by Crippen LogP contribution is 2.40. The van der Waals surface area contributed by atoms with Gasteiger partial charge in [0, 0.05) is 19.2 Å². The van der Waals surface area contributed by atoms with Gasteiger partial charge in [-0.15, -0.1) is 10.2 Å². The molecule has 1 radical (unpaired) electrons. The van der Waals surface area contributed by atoms with Crippen molar-refractivity contribution in [2.45, 2.75) is 88.3 Å². The maximum absolute atomic E-state index is 13.0. The van der Waals surface area contributed by atoms with Crippen molar-refractivity contribution in [3.05, 3.63) is 59.4 Å². The summed E-state index contributed by atoms with van der Waals surface area (Å²) < 4.78 is 48.6. The first kappa shape index (κ1) is 27.5. The zero-order valence-corrected chi connectivity index (χ0v) is 22.2. The van der Waals surface area contributed by atoms with Gasteiger partial charge in [0.15, 0.2) is 13.1 Å². The highest BCUT2D eigenvalue weighted by atomic mass is 19.4. The molecule has 0 saturated heterocycles. The summed E-state index contributed by atoms with van der Waals surface area (Å²) in [6.07, 6.45) is 10.2. The van der Waals surface area contributed by atoms with Crippen molar-refractivity contribution >= 4 is 13.5 Å². The molecule has 5 rings (SSSR count). The lowest BCUT2D eigenvalue weighted by molar-refractivity contribution is -0.137. The molecule has 2 aliphatic carbocycles. The second-order valence-corrected chi connectivity index (χ2v) is 10.9. The van der Waals surface area contributed by atoms with E-state index in [0.717, 1.165) is 81.8 Å². The lowest BCUT2D eigenvalue weighted by atomic mass is 9.66. The predicted octanol–water partition coefficient (Wildman–Crippen LogP) is 6.09. The third kappa shape index (κ3) is 6.56. The quantitative estimate of drug-likeness (QED) is 0.243. The number of hydrogen-bond acceptors (Lipinski definition) is 5. The van der Waals surface area contributed by atoms with Gasteiger partial charge in [0.25, 0.3) is 0 Å². The molecule has 0 bridgehead atoms. The normalized spacial score (nSPS) is 23.9. The number of ether oxygens (including phenoxy) is 1. The maximum Gasteiger partial charge on any atom is 0.416 e. The first-order valence-corrected chi connectivity index (χ1v) is 13.8. The van der Waals surface area contributed by atoms with E-state index >= 15 is 0 Å². The van der Waals surface area contributed by atoms with Crippen molar-refractivity contribution < 1.29 is 22.7 Å². The van der Waals surface area contributed by atoms with Gasteiger partial charge in [-0.25, -0.2) is 0 Å². The van der Waals surface area contributed by atoms with Crippen molar-refractivity contribution in [2.75, 3.05) is 0 Å². The van der Waals surface area contributed by atoms with E-state index in [4.69, 9.17) is 9.84 Å². The van der Waals surface area contributed by atoms with Crippen molar-refractivity contribution in [3.8, 4) is 5.75 Å². The van der Waals surface area contributed by atoms with E-state index in [0.29, 0.717) is 23.7 Å². The lowest BCUT2D eigenvalue weighted by Gasteiger charge is -2.29. The fourth-order valence-corrected chi connectivity index (χ4v) is 6.11. The van der Waals surface area contributed by atoms with Crippen LogP contribution in [0.5, 0.6) is 5.75 Å². The van der Waals surface area contributed by atoms with Crippen LogP contribution in [0.15, 0.2) is 36.7 Å². The summed E-state index contributed by atoms with van der Waals surface area (Å²) in [6, 6.07) is 5.23. The van der Waals surface area contributed by atoms with E-state index in [-0.39, 0.29) is 18.3 Å². The molecule has 2 fully saturated rings. The number of alkyl halides is 3. The number of nitrogens with zero attached hydrogens (tertiary/aromatic N) is 5. The molecule has 11 heteroatoms. The predicted molar refractivity (Wildman–Crippen MR) is 141 cm³/mol. The maximum atomic E-state index is 13.0. The minimum Gasteiger partial charge on any atom is -0.486 e. The number of carbonyl (C=O) groups is 1. The molecule has 7 nitrogen and oxygen atoms in total. The molecule has 0 amide bonds. The van der Waals surface area contributed by atoms with Crippen LogP contribution in [0.3, 0.4) is 0 Å². The number of aromatic nitrogens is 5. The van der Waals surface area contributed by atoms with Crippen LogP contribution >= 0.6 is 0 Å². The summed E-state index contributed by atoms with van der Waals surface area (Å²) in [4.78, 5) is 10.6. The van der Waals surface area contributed by atoms with E-state index in [2.05, 4.69) is 21.1 Å². The number of halogens is 3. The molecule has 2 aromatic heterocycles. The summed E-state index contributed by atoms with van der Waals surface area (Å²) >= 11 is 0. The van der Waals surface area contributed by atoms with E-state index in [1.807, 2.05) is 17.8 Å². The van der Waals surface area contributed by atoms with Gasteiger partial charge in [-0.05, 0) is 74.1 Å². The Morgan fingerprint density at radius 1 is 1.05 bits per heavy atom. The van der Waals surface area contributed by atoms with Gasteiger partial charge in [-0.2, -0.15) is 18.3 Å². The summed E-state index contributed by atoms with van der Waals surface area (Å²) in [5, 5.41) is 13.4. The lowest BCUT2D eigenvalue weighted by Crippen LogP contribution is -2.20. The van der Waals surface area contributed by atoms with Gasteiger partial charge in [-0.3, -0.25) is 4.68 Å². The number of carbonyl (C=O) groups excluding carboxylic acids is 1. The number of rotatable bonds is 9. The summed E-state index contributed by atoms with van der Waals surface area (Å²) in [5.74, 6) is 3.08. The summed E-state index contributed by atoms with van der Waals surface area (Å²) in [5.41, 5.74) is 0.589. The van der Waals surface area contributed by atoms with E-state index in [1.54, 1.807) is 7.28 Å². The topological polar surface area (TPSA) is 74.8 Å². The van der Waals surface area contributed by atoms with Crippen molar-refractivity contribution in [1.29, 1.82) is 0 Å². The van der Waals surface area contributed by atoms with Crippen molar-refractivity contribution in [2.24, 2.45) is 13.0 Å². The molecule has 0 unspecified atom stereocenters. The molecular weight excluding hydrogens is 506 g/mol. The molecule has 207 valence electrons. The molecule has 1 aromatic carbocycles. The third-order valence-electron chi connectivity index (χ3n) is 8.47. The van der Waals surface area contributed by atoms with E-state index in [9.17, 15) is 18.0 Å². The SMILES string of the molecule is Cn1c(COc2cccc(C(F)(F)F)c2)nnc1C1CCC(n2cc(C3CCC(C[B]C=O)CC3)cn2)CC1. The fraction of sp³-hybridized carbons (Fsp3) is 0.571. The molecule has 2 heterocycles. The molecule has 0 aliphatic heterocycles. The van der Waals surface area contributed by atoms with Crippen LogP contribution in [0.4, 0.5) is 13.2 Å². The Bertz CT molecular complexity index is 1240. The Morgan fingerprint density at radius 2 is 1.79 bits per heavy atom. The van der Waals surface area contributed by atoms with Gasteiger partial charge in [0.05, 0.1) is 24.0 Å². The largest absolute Gasteiger partial charge is 0.486 e. The molecule has 0 spiro atoms. The first-order chi connectivity index (χ1) is 18.8. The zero-order valence-electron chi connectivity index (χ0n) is 22.2. The van der Waals surface area contributed by atoms with Crippen molar-refractivity contribution in [3.63, 3.8) is 0 Å². The molecule has 39 heavy (non-hydrogen) atoms. The van der Waals surface area contributed by atoms with Crippen LogP contribution in [-0.2, 0) is 24.6 Å². The van der Waals surface area contributed by atoms with Gasteiger partial charge < -0.3 is 14.1 Å². The smallest absolute Gasteiger partial charge is 0.416 e. The van der Waals surface area contributed by atoms with Gasteiger partial charge in [0.1, 0.15) is 18.2 Å². The summed E-state index contributed by atoms with van der Waals surface area (Å²) in [7, 11) is 3.63. The van der Waals surface area contributed by atoms with E-state index in [1.165, 1.54) is 17.7 Å². The first-order valence-electron chi connectivity index (χ1n) is 13.8. The highest BCUT2D eigenvalue weighted by Gasteiger charge is 2.31. The molecule has 2 aliphatic rings. The Kier molecular flexibility index (Phi) is 8.42. The Morgan fingerprint density at radius 3 is 2.51 bits per heavy atom. The molecule has 3 aromatic rings. The molecule has 2 saturated carbocycles. The average Bonchev–Trinajstić information content (AvgIpc) is 3.58. The second kappa shape index (κ2) is 12.0. The Hall–Kier alpha value is -3.11. The monoisotopic (exact) mass is 540 g/mol. The fourth-order valence-electron chi connectivity index (χ4n) is 6.11. The Balaban J connectivity index is 1.12.